The van der Waals surface area contributed by atoms with Crippen LogP contribution in [0.2, 0.25) is 0 Å². The highest BCUT2D eigenvalue weighted by molar-refractivity contribution is 5.67. The van der Waals surface area contributed by atoms with Gasteiger partial charge in [0.1, 0.15) is 6.10 Å². The standard InChI is InChI=1S/C15H18O3/c1-3-14(18-12(2)11-15(16)17)10-9-13-7-5-4-6-8-13/h1,4-8,12,14H,9-11H2,2H3,(H,16,17)/t12-,14+/m1/s1. The topological polar surface area (TPSA) is 46.5 Å². The normalized spacial score (nSPS) is 13.6. The van der Waals surface area contributed by atoms with Crippen LogP contribution in [0.3, 0.4) is 0 Å². The Kier molecular flexibility index (Phi) is 5.96. The first kappa shape index (κ1) is 14.3. The van der Waals surface area contributed by atoms with Gasteiger partial charge in [0, 0.05) is 0 Å². The van der Waals surface area contributed by atoms with Gasteiger partial charge in [0.15, 0.2) is 0 Å². The van der Waals surface area contributed by atoms with E-state index in [9.17, 15) is 4.79 Å². The number of hydrogen-bond donors (Lipinski definition) is 1. The summed E-state index contributed by atoms with van der Waals surface area (Å²) in [5, 5.41) is 8.65. The lowest BCUT2D eigenvalue weighted by molar-refractivity contribution is -0.140. The Morgan fingerprint density at radius 3 is 2.67 bits per heavy atom. The van der Waals surface area contributed by atoms with Crippen LogP contribution >= 0.6 is 0 Å². The number of aryl methyl sites for hydroxylation is 1. The van der Waals surface area contributed by atoms with Gasteiger partial charge >= 0.3 is 5.97 Å². The Hall–Kier alpha value is -1.79. The van der Waals surface area contributed by atoms with E-state index in [-0.39, 0.29) is 18.6 Å². The smallest absolute Gasteiger partial charge is 0.305 e. The van der Waals surface area contributed by atoms with Crippen molar-refractivity contribution in [3.63, 3.8) is 0 Å². The van der Waals surface area contributed by atoms with Crippen LogP contribution < -0.4 is 0 Å². The summed E-state index contributed by atoms with van der Waals surface area (Å²) in [6.07, 6.45) is 6.20. The van der Waals surface area contributed by atoms with Gasteiger partial charge in [-0.3, -0.25) is 4.79 Å². The second-order valence-corrected chi connectivity index (χ2v) is 4.22. The monoisotopic (exact) mass is 246 g/mol. The van der Waals surface area contributed by atoms with E-state index in [1.807, 2.05) is 30.3 Å². The predicted octanol–water partition coefficient (Wildman–Crippen LogP) is 2.50. The lowest BCUT2D eigenvalue weighted by Crippen LogP contribution is -2.21. The molecule has 0 aromatic heterocycles. The molecule has 0 unspecified atom stereocenters. The fourth-order valence-electron chi connectivity index (χ4n) is 1.71. The first-order chi connectivity index (χ1) is 8.61. The van der Waals surface area contributed by atoms with Crippen molar-refractivity contribution in [3.8, 4) is 12.3 Å². The lowest BCUT2D eigenvalue weighted by Gasteiger charge is -2.17. The van der Waals surface area contributed by atoms with E-state index in [2.05, 4.69) is 5.92 Å². The summed E-state index contributed by atoms with van der Waals surface area (Å²) in [5.41, 5.74) is 1.20. The maximum absolute atomic E-state index is 10.5. The quantitative estimate of drug-likeness (QED) is 0.752. The molecule has 1 N–H and O–H groups in total. The summed E-state index contributed by atoms with van der Waals surface area (Å²) < 4.78 is 5.52. The van der Waals surface area contributed by atoms with Crippen molar-refractivity contribution < 1.29 is 14.6 Å². The molecule has 96 valence electrons. The van der Waals surface area contributed by atoms with Crippen molar-refractivity contribution in [2.75, 3.05) is 0 Å². The first-order valence-corrected chi connectivity index (χ1v) is 5.99. The summed E-state index contributed by atoms with van der Waals surface area (Å²) in [5.74, 6) is 1.69. The second kappa shape index (κ2) is 7.52. The van der Waals surface area contributed by atoms with E-state index in [1.54, 1.807) is 6.92 Å². The fraction of sp³-hybridized carbons (Fsp3) is 0.400. The molecule has 1 rings (SSSR count). The van der Waals surface area contributed by atoms with Gasteiger partial charge in [-0.1, -0.05) is 36.3 Å². The number of aliphatic carboxylic acids is 1. The molecule has 1 aromatic rings. The Balaban J connectivity index is 2.39. The molecule has 0 fully saturated rings. The summed E-state index contributed by atoms with van der Waals surface area (Å²) >= 11 is 0. The van der Waals surface area contributed by atoms with Gasteiger partial charge in [-0.2, -0.15) is 0 Å². The van der Waals surface area contributed by atoms with Crippen LogP contribution in [0.15, 0.2) is 30.3 Å². The van der Waals surface area contributed by atoms with Crippen LogP contribution in [0.25, 0.3) is 0 Å². The van der Waals surface area contributed by atoms with Crippen molar-refractivity contribution in [2.45, 2.75) is 38.4 Å². The number of carboxylic acids is 1. The first-order valence-electron chi connectivity index (χ1n) is 5.99. The molecular formula is C15H18O3. The summed E-state index contributed by atoms with van der Waals surface area (Å²) in [4.78, 5) is 10.5. The van der Waals surface area contributed by atoms with Gasteiger partial charge in [0.05, 0.1) is 12.5 Å². The third-order valence-electron chi connectivity index (χ3n) is 2.58. The lowest BCUT2D eigenvalue weighted by atomic mass is 10.1. The van der Waals surface area contributed by atoms with E-state index < -0.39 is 5.97 Å². The number of hydrogen-bond acceptors (Lipinski definition) is 2. The average molecular weight is 246 g/mol. The van der Waals surface area contributed by atoms with Crippen LogP contribution in [-0.2, 0) is 16.0 Å². The third-order valence-corrected chi connectivity index (χ3v) is 2.58. The molecule has 0 saturated heterocycles. The van der Waals surface area contributed by atoms with Crippen molar-refractivity contribution in [1.82, 2.24) is 0 Å². The van der Waals surface area contributed by atoms with E-state index in [4.69, 9.17) is 16.3 Å². The molecule has 0 radical (unpaired) electrons. The molecule has 3 nitrogen and oxygen atoms in total. The Morgan fingerprint density at radius 1 is 1.44 bits per heavy atom. The van der Waals surface area contributed by atoms with Gasteiger partial charge in [0.2, 0.25) is 0 Å². The van der Waals surface area contributed by atoms with Crippen molar-refractivity contribution in [1.29, 1.82) is 0 Å². The van der Waals surface area contributed by atoms with Crippen LogP contribution in [0.5, 0.6) is 0 Å². The highest BCUT2D eigenvalue weighted by Crippen LogP contribution is 2.10. The number of ether oxygens (including phenoxy) is 1. The second-order valence-electron chi connectivity index (χ2n) is 4.22. The van der Waals surface area contributed by atoms with Crippen LogP contribution in [0.4, 0.5) is 0 Å². The maximum atomic E-state index is 10.5. The molecule has 0 bridgehead atoms. The number of benzene rings is 1. The molecule has 0 amide bonds. The van der Waals surface area contributed by atoms with Gasteiger partial charge in [-0.25, -0.2) is 0 Å². The summed E-state index contributed by atoms with van der Waals surface area (Å²) in [6, 6.07) is 10.00. The zero-order valence-electron chi connectivity index (χ0n) is 10.5. The van der Waals surface area contributed by atoms with E-state index in [0.29, 0.717) is 6.42 Å². The highest BCUT2D eigenvalue weighted by Gasteiger charge is 2.13. The molecule has 0 aliphatic heterocycles. The van der Waals surface area contributed by atoms with Gasteiger partial charge in [-0.15, -0.1) is 6.42 Å². The molecule has 2 atom stereocenters. The predicted molar refractivity (Wildman–Crippen MR) is 70.2 cm³/mol. The van der Waals surface area contributed by atoms with Crippen LogP contribution in [0, 0.1) is 12.3 Å². The number of carboxylic acid groups (broad SMARTS) is 1. The van der Waals surface area contributed by atoms with E-state index in [0.717, 1.165) is 6.42 Å². The minimum absolute atomic E-state index is 0.0243. The third kappa shape index (κ3) is 5.51. The minimum atomic E-state index is -0.874. The minimum Gasteiger partial charge on any atom is -0.481 e. The molecule has 1 aromatic carbocycles. The Bertz CT molecular complexity index is 405. The average Bonchev–Trinajstić information content (AvgIpc) is 2.34. The molecular weight excluding hydrogens is 228 g/mol. The zero-order chi connectivity index (χ0) is 13.4. The SMILES string of the molecule is C#C[C@@H](CCc1ccccc1)O[C@H](C)CC(=O)O. The van der Waals surface area contributed by atoms with E-state index in [1.165, 1.54) is 5.56 Å². The number of rotatable bonds is 7. The molecule has 0 saturated carbocycles. The number of carbonyl (C=O) groups is 1. The van der Waals surface area contributed by atoms with Crippen molar-refractivity contribution in [3.05, 3.63) is 35.9 Å². The van der Waals surface area contributed by atoms with Crippen LogP contribution in [0.1, 0.15) is 25.3 Å². The maximum Gasteiger partial charge on any atom is 0.305 e. The highest BCUT2D eigenvalue weighted by atomic mass is 16.5. The van der Waals surface area contributed by atoms with Crippen molar-refractivity contribution in [2.24, 2.45) is 0 Å². The van der Waals surface area contributed by atoms with Gasteiger partial charge in [-0.05, 0) is 25.3 Å². The molecule has 0 aliphatic rings. The zero-order valence-corrected chi connectivity index (χ0v) is 10.5. The fourth-order valence-corrected chi connectivity index (χ4v) is 1.71. The molecule has 0 heterocycles. The molecule has 18 heavy (non-hydrogen) atoms. The Labute approximate surface area is 108 Å². The van der Waals surface area contributed by atoms with E-state index >= 15 is 0 Å². The van der Waals surface area contributed by atoms with Gasteiger partial charge < -0.3 is 9.84 Å². The van der Waals surface area contributed by atoms with Gasteiger partial charge in [0.25, 0.3) is 0 Å². The Morgan fingerprint density at radius 2 is 2.11 bits per heavy atom. The molecule has 3 heteroatoms. The van der Waals surface area contributed by atoms with Crippen LogP contribution in [-0.4, -0.2) is 23.3 Å². The summed E-state index contributed by atoms with van der Waals surface area (Å²) in [7, 11) is 0. The molecule has 0 aliphatic carbocycles. The summed E-state index contributed by atoms with van der Waals surface area (Å²) in [6.45, 7) is 1.72. The van der Waals surface area contributed by atoms with Crippen molar-refractivity contribution >= 4 is 5.97 Å². The molecule has 0 spiro atoms. The largest absolute Gasteiger partial charge is 0.481 e. The number of terminal acetylenes is 1.